The summed E-state index contributed by atoms with van der Waals surface area (Å²) in [4.78, 5) is 14.5. The van der Waals surface area contributed by atoms with Crippen molar-refractivity contribution in [3.05, 3.63) is 52.0 Å². The molecule has 1 atom stereocenters. The van der Waals surface area contributed by atoms with Gasteiger partial charge in [-0.2, -0.15) is 5.10 Å². The normalized spacial score (nSPS) is 17.7. The molecule has 8 nitrogen and oxygen atoms in total. The third-order valence-electron chi connectivity index (χ3n) is 6.09. The van der Waals surface area contributed by atoms with Crippen molar-refractivity contribution in [2.24, 2.45) is 5.10 Å². The lowest BCUT2D eigenvalue weighted by Gasteiger charge is -2.22. The van der Waals surface area contributed by atoms with E-state index in [0.717, 1.165) is 33.7 Å². The number of thiophene rings is 1. The first-order chi connectivity index (χ1) is 16.6. The Morgan fingerprint density at radius 3 is 2.68 bits per heavy atom. The number of rotatable bonds is 9. The zero-order valence-electron chi connectivity index (χ0n) is 19.4. The molecule has 0 N–H and O–H groups in total. The minimum atomic E-state index is -0.212. The van der Waals surface area contributed by atoms with Crippen LogP contribution in [0.1, 0.15) is 54.4 Å². The van der Waals surface area contributed by atoms with Gasteiger partial charge in [0.15, 0.2) is 16.7 Å². The maximum Gasteiger partial charge on any atom is 0.253 e. The largest absolute Gasteiger partial charge is 0.493 e. The molecular formula is C24H27N5O3S2. The Balaban J connectivity index is 1.39. The standard InChI is InChI=1S/C24H27N5O3S2/c1-4-28-23(15-7-8-15)25-26-24(28)34-14-22(30)29-18(13-17(27-29)21-6-5-11-33-21)16-9-10-19(31-2)20(12-16)32-3/h5-6,9-12,15,18H,4,7-8,13-14H2,1-3H3/t18-/m0/s1. The van der Waals surface area contributed by atoms with Crippen molar-refractivity contribution < 1.29 is 14.3 Å². The number of thioether (sulfide) groups is 1. The molecule has 0 radical (unpaired) electrons. The summed E-state index contributed by atoms with van der Waals surface area (Å²) >= 11 is 3.06. The molecule has 5 rings (SSSR count). The van der Waals surface area contributed by atoms with E-state index in [9.17, 15) is 4.79 Å². The minimum Gasteiger partial charge on any atom is -0.493 e. The predicted molar refractivity (Wildman–Crippen MR) is 133 cm³/mol. The third-order valence-corrected chi connectivity index (χ3v) is 7.96. The summed E-state index contributed by atoms with van der Waals surface area (Å²) in [6.07, 6.45) is 2.98. The van der Waals surface area contributed by atoms with Gasteiger partial charge in [0, 0.05) is 18.9 Å². The first kappa shape index (κ1) is 22.9. The van der Waals surface area contributed by atoms with Crippen LogP contribution in [0.15, 0.2) is 46.0 Å². The number of hydrazone groups is 1. The van der Waals surface area contributed by atoms with Gasteiger partial charge in [0.2, 0.25) is 0 Å². The summed E-state index contributed by atoms with van der Waals surface area (Å²) in [5, 5.41) is 18.0. The molecule has 3 aromatic rings. The van der Waals surface area contributed by atoms with Gasteiger partial charge in [-0.15, -0.1) is 21.5 Å². The van der Waals surface area contributed by atoms with E-state index in [-0.39, 0.29) is 17.7 Å². The maximum atomic E-state index is 13.4. The molecule has 0 unspecified atom stereocenters. The van der Waals surface area contributed by atoms with Crippen molar-refractivity contribution in [2.45, 2.75) is 49.8 Å². The molecule has 1 aliphatic heterocycles. The summed E-state index contributed by atoms with van der Waals surface area (Å²) in [6, 6.07) is 9.61. The summed E-state index contributed by atoms with van der Waals surface area (Å²) < 4.78 is 13.0. The van der Waals surface area contributed by atoms with E-state index in [1.54, 1.807) is 30.6 Å². The second kappa shape index (κ2) is 9.79. The zero-order chi connectivity index (χ0) is 23.7. The summed E-state index contributed by atoms with van der Waals surface area (Å²) in [5.41, 5.74) is 1.87. The second-order valence-electron chi connectivity index (χ2n) is 8.24. The summed E-state index contributed by atoms with van der Waals surface area (Å²) in [7, 11) is 3.23. The molecule has 1 fully saturated rings. The molecule has 1 aromatic carbocycles. The monoisotopic (exact) mass is 497 g/mol. The Kier molecular flexibility index (Phi) is 6.60. The lowest BCUT2D eigenvalue weighted by Crippen LogP contribution is -2.28. The smallest absolute Gasteiger partial charge is 0.253 e. The van der Waals surface area contributed by atoms with Crippen LogP contribution >= 0.6 is 23.1 Å². The van der Waals surface area contributed by atoms with Crippen molar-refractivity contribution >= 4 is 34.7 Å². The van der Waals surface area contributed by atoms with Crippen molar-refractivity contribution in [1.82, 2.24) is 19.8 Å². The molecule has 1 aliphatic carbocycles. The van der Waals surface area contributed by atoms with E-state index in [1.807, 2.05) is 35.7 Å². The van der Waals surface area contributed by atoms with Crippen LogP contribution in [-0.2, 0) is 11.3 Å². The number of hydrogen-bond donors (Lipinski definition) is 0. The first-order valence-corrected chi connectivity index (χ1v) is 13.2. The van der Waals surface area contributed by atoms with Crippen LogP contribution in [-0.4, -0.2) is 51.4 Å². The fraction of sp³-hybridized carbons (Fsp3) is 0.417. The molecule has 3 heterocycles. The van der Waals surface area contributed by atoms with Crippen LogP contribution in [0.4, 0.5) is 0 Å². The van der Waals surface area contributed by atoms with Crippen LogP contribution in [0.3, 0.4) is 0 Å². The zero-order valence-corrected chi connectivity index (χ0v) is 21.1. The van der Waals surface area contributed by atoms with Gasteiger partial charge in [0.1, 0.15) is 5.82 Å². The molecule has 0 bridgehead atoms. The van der Waals surface area contributed by atoms with Crippen molar-refractivity contribution in [1.29, 1.82) is 0 Å². The fourth-order valence-electron chi connectivity index (χ4n) is 4.19. The number of carbonyl (C=O) groups is 1. The Hall–Kier alpha value is -2.85. The van der Waals surface area contributed by atoms with Gasteiger partial charge >= 0.3 is 0 Å². The molecule has 0 spiro atoms. The van der Waals surface area contributed by atoms with Gasteiger partial charge < -0.3 is 14.0 Å². The van der Waals surface area contributed by atoms with Gasteiger partial charge in [0.05, 0.1) is 36.6 Å². The number of ether oxygens (including phenoxy) is 2. The van der Waals surface area contributed by atoms with Gasteiger partial charge in [-0.3, -0.25) is 4.79 Å². The number of benzene rings is 1. The Morgan fingerprint density at radius 1 is 1.18 bits per heavy atom. The van der Waals surface area contributed by atoms with E-state index in [2.05, 4.69) is 21.7 Å². The highest BCUT2D eigenvalue weighted by molar-refractivity contribution is 7.99. The number of carbonyl (C=O) groups excluding carboxylic acids is 1. The molecule has 0 saturated heterocycles. The SMILES string of the molecule is CCn1c(SCC(=O)N2N=C(c3cccs3)C[C@H]2c2ccc(OC)c(OC)c2)nnc1C1CC1. The summed E-state index contributed by atoms with van der Waals surface area (Å²) in [6.45, 7) is 2.89. The first-order valence-electron chi connectivity index (χ1n) is 11.3. The molecular weight excluding hydrogens is 470 g/mol. The number of aromatic nitrogens is 3. The molecule has 34 heavy (non-hydrogen) atoms. The Bertz CT molecular complexity index is 1200. The minimum absolute atomic E-state index is 0.0602. The van der Waals surface area contributed by atoms with E-state index in [1.165, 1.54) is 24.6 Å². The second-order valence-corrected chi connectivity index (χ2v) is 10.1. The van der Waals surface area contributed by atoms with Gasteiger partial charge in [-0.25, -0.2) is 5.01 Å². The van der Waals surface area contributed by atoms with E-state index in [0.29, 0.717) is 23.8 Å². The molecule has 2 aromatic heterocycles. The number of hydrogen-bond acceptors (Lipinski definition) is 8. The van der Waals surface area contributed by atoms with Gasteiger partial charge in [0.25, 0.3) is 5.91 Å². The van der Waals surface area contributed by atoms with Crippen molar-refractivity contribution in [3.63, 3.8) is 0 Å². The third kappa shape index (κ3) is 4.44. The predicted octanol–water partition coefficient (Wildman–Crippen LogP) is 4.72. The van der Waals surface area contributed by atoms with Gasteiger partial charge in [-0.1, -0.05) is 23.9 Å². The van der Waals surface area contributed by atoms with Crippen molar-refractivity contribution in [3.8, 4) is 11.5 Å². The van der Waals surface area contributed by atoms with Crippen LogP contribution < -0.4 is 9.47 Å². The lowest BCUT2D eigenvalue weighted by molar-refractivity contribution is -0.130. The lowest BCUT2D eigenvalue weighted by atomic mass is 10.0. The van der Waals surface area contributed by atoms with Crippen LogP contribution in [0.25, 0.3) is 0 Å². The highest BCUT2D eigenvalue weighted by Crippen LogP contribution is 2.41. The van der Waals surface area contributed by atoms with Gasteiger partial charge in [-0.05, 0) is 48.9 Å². The van der Waals surface area contributed by atoms with E-state index >= 15 is 0 Å². The Labute approximate surface area is 207 Å². The topological polar surface area (TPSA) is 81.8 Å². The van der Waals surface area contributed by atoms with Crippen LogP contribution in [0, 0.1) is 0 Å². The number of amides is 1. The maximum absolute atomic E-state index is 13.4. The molecule has 2 aliphatic rings. The fourth-order valence-corrected chi connectivity index (χ4v) is 5.77. The molecule has 1 amide bonds. The Morgan fingerprint density at radius 2 is 2.00 bits per heavy atom. The van der Waals surface area contributed by atoms with E-state index in [4.69, 9.17) is 14.6 Å². The summed E-state index contributed by atoms with van der Waals surface area (Å²) in [5.74, 6) is 3.03. The molecule has 178 valence electrons. The molecule has 10 heteroatoms. The molecule has 1 saturated carbocycles. The van der Waals surface area contributed by atoms with Crippen molar-refractivity contribution in [2.75, 3.05) is 20.0 Å². The van der Waals surface area contributed by atoms with Crippen LogP contribution in [0.2, 0.25) is 0 Å². The van der Waals surface area contributed by atoms with Crippen LogP contribution in [0.5, 0.6) is 11.5 Å². The average Bonchev–Trinajstić information content (AvgIpc) is 3.26. The van der Waals surface area contributed by atoms with E-state index < -0.39 is 0 Å². The quantitative estimate of drug-likeness (QED) is 0.398. The average molecular weight is 498 g/mol. The number of nitrogens with zero attached hydrogens (tertiary/aromatic N) is 5. The number of methoxy groups -OCH3 is 2. The highest BCUT2D eigenvalue weighted by atomic mass is 32.2. The highest BCUT2D eigenvalue weighted by Gasteiger charge is 2.35.